The van der Waals surface area contributed by atoms with Crippen LogP contribution in [-0.2, 0) is 9.47 Å². The molecule has 0 saturated carbocycles. The number of hydrogen-bond donors (Lipinski definition) is 2. The Kier molecular flexibility index (Phi) is 10.1. The van der Waals surface area contributed by atoms with E-state index in [-0.39, 0.29) is 12.1 Å². The van der Waals surface area contributed by atoms with Gasteiger partial charge in [0.25, 0.3) is 0 Å². The molecule has 7 heteroatoms. The number of nitrogens with one attached hydrogen (secondary N) is 2. The first kappa shape index (κ1) is 22.5. The molecule has 1 saturated heterocycles. The zero-order chi connectivity index (χ0) is 20.2. The van der Waals surface area contributed by atoms with Crippen LogP contribution in [0.25, 0.3) is 0 Å². The molecule has 2 atom stereocenters. The molecule has 2 N–H and O–H groups in total. The number of methoxy groups -OCH3 is 1. The molecule has 158 valence electrons. The molecule has 2 rings (SSSR count). The van der Waals surface area contributed by atoms with E-state index in [1.165, 1.54) is 0 Å². The molecule has 1 aliphatic heterocycles. The van der Waals surface area contributed by atoms with E-state index in [1.807, 2.05) is 18.2 Å². The van der Waals surface area contributed by atoms with E-state index >= 15 is 0 Å². The van der Waals surface area contributed by atoms with Gasteiger partial charge in [-0.25, -0.2) is 0 Å². The highest BCUT2D eigenvalue weighted by Gasteiger charge is 2.18. The zero-order valence-electron chi connectivity index (χ0n) is 17.7. The maximum atomic E-state index is 5.81. The minimum Gasteiger partial charge on any atom is -0.496 e. The minimum absolute atomic E-state index is 0.136. The molecular weight excluding hydrogens is 356 g/mol. The molecule has 1 heterocycles. The Bertz CT molecular complexity index is 589. The van der Waals surface area contributed by atoms with Crippen molar-refractivity contribution in [2.24, 2.45) is 4.99 Å². The first-order chi connectivity index (χ1) is 13.7. The maximum absolute atomic E-state index is 5.81. The number of benzene rings is 1. The summed E-state index contributed by atoms with van der Waals surface area (Å²) < 4.78 is 16.7. The number of rotatable bonds is 11. The highest BCUT2D eigenvalue weighted by molar-refractivity contribution is 5.79. The predicted molar refractivity (Wildman–Crippen MR) is 113 cm³/mol. The Morgan fingerprint density at radius 3 is 2.82 bits per heavy atom. The van der Waals surface area contributed by atoms with Crippen molar-refractivity contribution in [1.29, 1.82) is 0 Å². The van der Waals surface area contributed by atoms with Crippen molar-refractivity contribution in [2.75, 3.05) is 60.7 Å². The van der Waals surface area contributed by atoms with Crippen LogP contribution in [-0.4, -0.2) is 77.6 Å². The molecule has 1 aromatic rings. The molecule has 0 bridgehead atoms. The topological polar surface area (TPSA) is 67.4 Å². The second-order valence-electron chi connectivity index (χ2n) is 7.08. The number of ether oxygens (including phenoxy) is 3. The molecule has 1 aliphatic rings. The Morgan fingerprint density at radius 2 is 2.14 bits per heavy atom. The highest BCUT2D eigenvalue weighted by Crippen LogP contribution is 2.28. The van der Waals surface area contributed by atoms with E-state index < -0.39 is 0 Å². The summed E-state index contributed by atoms with van der Waals surface area (Å²) in [6.45, 7) is 6.64. The summed E-state index contributed by atoms with van der Waals surface area (Å²) in [5, 5.41) is 6.72. The first-order valence-electron chi connectivity index (χ1n) is 10.2. The van der Waals surface area contributed by atoms with E-state index in [0.29, 0.717) is 6.54 Å². The Labute approximate surface area is 169 Å². The molecule has 0 amide bonds. The Morgan fingerprint density at radius 1 is 1.32 bits per heavy atom. The van der Waals surface area contributed by atoms with Gasteiger partial charge in [-0.1, -0.05) is 18.2 Å². The summed E-state index contributed by atoms with van der Waals surface area (Å²) in [5.41, 5.74) is 1.14. The zero-order valence-corrected chi connectivity index (χ0v) is 17.7. The lowest BCUT2D eigenvalue weighted by Gasteiger charge is -2.25. The van der Waals surface area contributed by atoms with Crippen molar-refractivity contribution in [3.05, 3.63) is 29.8 Å². The lowest BCUT2D eigenvalue weighted by atomic mass is 10.0. The molecule has 1 fully saturated rings. The average Bonchev–Trinajstić information content (AvgIpc) is 3.21. The van der Waals surface area contributed by atoms with Gasteiger partial charge in [0.15, 0.2) is 5.96 Å². The standard InChI is InChI=1S/C21H36N4O3/c1-5-22-21(23-12-8-13-28-17-11-14-27-16-17)24-15-19(25(2)3)18-9-6-7-10-20(18)26-4/h6-7,9-10,17,19H,5,8,11-16H2,1-4H3,(H2,22,23,24). The normalized spacial score (nSPS) is 18.3. The summed E-state index contributed by atoms with van der Waals surface area (Å²) >= 11 is 0. The summed E-state index contributed by atoms with van der Waals surface area (Å²) in [6.07, 6.45) is 2.21. The van der Waals surface area contributed by atoms with Crippen LogP contribution in [0.3, 0.4) is 0 Å². The van der Waals surface area contributed by atoms with Gasteiger partial charge in [-0.15, -0.1) is 0 Å². The largest absolute Gasteiger partial charge is 0.496 e. The van der Waals surface area contributed by atoms with E-state index in [1.54, 1.807) is 7.11 Å². The molecule has 7 nitrogen and oxygen atoms in total. The molecule has 2 unspecified atom stereocenters. The second-order valence-corrected chi connectivity index (χ2v) is 7.08. The summed E-state index contributed by atoms with van der Waals surface area (Å²) in [5.74, 6) is 1.72. The van der Waals surface area contributed by atoms with Crippen molar-refractivity contribution in [1.82, 2.24) is 15.5 Å². The van der Waals surface area contributed by atoms with Gasteiger partial charge in [-0.2, -0.15) is 0 Å². The van der Waals surface area contributed by atoms with E-state index in [9.17, 15) is 0 Å². The fraction of sp³-hybridized carbons (Fsp3) is 0.667. The quantitative estimate of drug-likeness (QED) is 0.341. The third-order valence-electron chi connectivity index (χ3n) is 4.74. The fourth-order valence-corrected chi connectivity index (χ4v) is 3.17. The van der Waals surface area contributed by atoms with Crippen molar-refractivity contribution < 1.29 is 14.2 Å². The Balaban J connectivity index is 1.87. The van der Waals surface area contributed by atoms with Gasteiger partial charge in [0.05, 0.1) is 32.4 Å². The average molecular weight is 393 g/mol. The smallest absolute Gasteiger partial charge is 0.191 e. The van der Waals surface area contributed by atoms with Crippen LogP contribution in [0.2, 0.25) is 0 Å². The van der Waals surface area contributed by atoms with Crippen LogP contribution >= 0.6 is 0 Å². The third-order valence-corrected chi connectivity index (χ3v) is 4.74. The Hall–Kier alpha value is -1.83. The van der Waals surface area contributed by atoms with Gasteiger partial charge in [-0.05, 0) is 39.9 Å². The molecule has 0 aromatic heterocycles. The van der Waals surface area contributed by atoms with Crippen molar-refractivity contribution >= 4 is 5.96 Å². The monoisotopic (exact) mass is 392 g/mol. The lowest BCUT2D eigenvalue weighted by molar-refractivity contribution is 0.0420. The predicted octanol–water partition coefficient (Wildman–Crippen LogP) is 2.05. The van der Waals surface area contributed by atoms with Crippen LogP contribution in [0, 0.1) is 0 Å². The van der Waals surface area contributed by atoms with Crippen LogP contribution in [0.4, 0.5) is 0 Å². The lowest BCUT2D eigenvalue weighted by Crippen LogP contribution is -2.39. The molecule has 28 heavy (non-hydrogen) atoms. The van der Waals surface area contributed by atoms with Crippen molar-refractivity contribution in [2.45, 2.75) is 31.9 Å². The number of likely N-dealkylation sites (N-methyl/N-ethyl adjacent to an activating group) is 1. The maximum Gasteiger partial charge on any atom is 0.191 e. The van der Waals surface area contributed by atoms with Crippen LogP contribution < -0.4 is 15.4 Å². The number of para-hydroxylation sites is 1. The summed E-state index contributed by atoms with van der Waals surface area (Å²) in [7, 11) is 5.84. The number of aliphatic imine (C=N–C) groups is 1. The number of nitrogens with zero attached hydrogens (tertiary/aromatic N) is 2. The van der Waals surface area contributed by atoms with Gasteiger partial charge < -0.3 is 29.7 Å². The summed E-state index contributed by atoms with van der Waals surface area (Å²) in [6, 6.07) is 8.26. The van der Waals surface area contributed by atoms with Crippen LogP contribution in [0.5, 0.6) is 5.75 Å². The SMILES string of the molecule is CCNC(=NCC(c1ccccc1OC)N(C)C)NCCCOC1CCOC1. The second kappa shape index (κ2) is 12.6. The van der Waals surface area contributed by atoms with E-state index in [0.717, 1.165) is 63.0 Å². The third kappa shape index (κ3) is 7.30. The molecule has 1 aromatic carbocycles. The molecule has 0 spiro atoms. The van der Waals surface area contributed by atoms with Crippen LogP contribution in [0.15, 0.2) is 29.3 Å². The van der Waals surface area contributed by atoms with Gasteiger partial charge in [0.2, 0.25) is 0 Å². The fourth-order valence-electron chi connectivity index (χ4n) is 3.17. The van der Waals surface area contributed by atoms with Gasteiger partial charge in [0, 0.05) is 31.9 Å². The van der Waals surface area contributed by atoms with Crippen molar-refractivity contribution in [3.63, 3.8) is 0 Å². The van der Waals surface area contributed by atoms with Crippen LogP contribution in [0.1, 0.15) is 31.4 Å². The number of guanidine groups is 1. The van der Waals surface area contributed by atoms with Gasteiger partial charge >= 0.3 is 0 Å². The van der Waals surface area contributed by atoms with Gasteiger partial charge in [0.1, 0.15) is 5.75 Å². The van der Waals surface area contributed by atoms with E-state index in [4.69, 9.17) is 19.2 Å². The van der Waals surface area contributed by atoms with Crippen molar-refractivity contribution in [3.8, 4) is 5.75 Å². The van der Waals surface area contributed by atoms with Gasteiger partial charge in [-0.3, -0.25) is 4.99 Å². The minimum atomic E-state index is 0.136. The first-order valence-corrected chi connectivity index (χ1v) is 10.2. The van der Waals surface area contributed by atoms with E-state index in [2.05, 4.69) is 42.6 Å². The summed E-state index contributed by atoms with van der Waals surface area (Å²) in [4.78, 5) is 6.97. The molecular formula is C21H36N4O3. The highest BCUT2D eigenvalue weighted by atomic mass is 16.5. The molecule has 0 aliphatic carbocycles. The molecule has 0 radical (unpaired) electrons. The number of hydrogen-bond acceptors (Lipinski definition) is 5.